The van der Waals surface area contributed by atoms with Gasteiger partial charge in [-0.05, 0) is 60.2 Å². The zero-order valence-electron chi connectivity index (χ0n) is 18.6. The Balaban J connectivity index is 1.70. The van der Waals surface area contributed by atoms with Gasteiger partial charge in [-0.15, -0.1) is 0 Å². The van der Waals surface area contributed by atoms with E-state index >= 15 is 0 Å². The van der Waals surface area contributed by atoms with Gasteiger partial charge >= 0.3 is 11.9 Å². The Hall–Kier alpha value is -4.44. The van der Waals surface area contributed by atoms with Gasteiger partial charge < -0.3 is 9.84 Å². The fourth-order valence-corrected chi connectivity index (χ4v) is 5.03. The molecule has 3 aromatic carbocycles. The SMILES string of the molecule is COC(=O)c1ccc([C@@H]2C(=C(O)c3ccc(F)cc3)C(=O)C(=O)N2c2nc3ccc(F)cc3s2)cc1. The second kappa shape index (κ2) is 8.97. The van der Waals surface area contributed by atoms with Crippen molar-refractivity contribution in [2.24, 2.45) is 0 Å². The Labute approximate surface area is 206 Å². The van der Waals surface area contributed by atoms with Gasteiger partial charge in [-0.1, -0.05) is 23.5 Å². The van der Waals surface area contributed by atoms with E-state index in [1.54, 1.807) is 0 Å². The third-order valence-corrected chi connectivity index (χ3v) is 6.77. The van der Waals surface area contributed by atoms with E-state index in [4.69, 9.17) is 4.74 Å². The average Bonchev–Trinajstić information content (AvgIpc) is 3.41. The van der Waals surface area contributed by atoms with E-state index in [9.17, 15) is 28.3 Å². The fraction of sp³-hybridized carbons (Fsp3) is 0.0769. The van der Waals surface area contributed by atoms with Crippen molar-refractivity contribution in [2.45, 2.75) is 6.04 Å². The number of fused-ring (bicyclic) bond motifs is 1. The van der Waals surface area contributed by atoms with Crippen LogP contribution in [-0.2, 0) is 14.3 Å². The van der Waals surface area contributed by atoms with Crippen molar-refractivity contribution >= 4 is 50.1 Å². The Morgan fingerprint density at radius 1 is 0.972 bits per heavy atom. The number of nitrogens with zero attached hydrogens (tertiary/aromatic N) is 2. The number of methoxy groups -OCH3 is 1. The summed E-state index contributed by atoms with van der Waals surface area (Å²) in [5, 5.41) is 11.2. The lowest BCUT2D eigenvalue weighted by Gasteiger charge is -2.23. The van der Waals surface area contributed by atoms with Gasteiger partial charge in [0.2, 0.25) is 0 Å². The molecule has 2 heterocycles. The number of benzene rings is 3. The monoisotopic (exact) mass is 506 g/mol. The van der Waals surface area contributed by atoms with E-state index in [0.717, 1.165) is 28.4 Å². The van der Waals surface area contributed by atoms with Crippen LogP contribution in [0.2, 0.25) is 0 Å². The van der Waals surface area contributed by atoms with Gasteiger partial charge in [-0.25, -0.2) is 18.6 Å². The number of carbonyl (C=O) groups excluding carboxylic acids is 3. The molecule has 1 amide bonds. The van der Waals surface area contributed by atoms with Gasteiger partial charge in [0.15, 0.2) is 5.13 Å². The van der Waals surface area contributed by atoms with Gasteiger partial charge in [0.05, 0.1) is 34.5 Å². The molecule has 10 heteroatoms. The van der Waals surface area contributed by atoms with E-state index in [0.29, 0.717) is 15.8 Å². The standard InChI is InChI=1S/C26H16F2N2O5S/c1-35-25(34)15-4-2-13(3-5-15)21-20(22(31)14-6-8-16(27)9-7-14)23(32)24(33)30(21)26-29-18-11-10-17(28)12-19(18)36-26/h2-12,21,31H,1H3/t21-/m1/s1. The van der Waals surface area contributed by atoms with Crippen molar-refractivity contribution in [3.63, 3.8) is 0 Å². The molecule has 5 rings (SSSR count). The summed E-state index contributed by atoms with van der Waals surface area (Å²) in [5.41, 5.74) is 0.972. The number of hydrogen-bond donors (Lipinski definition) is 1. The minimum absolute atomic E-state index is 0.123. The number of aliphatic hydroxyl groups excluding tert-OH is 1. The number of aliphatic hydroxyl groups is 1. The average molecular weight is 506 g/mol. The Bertz CT molecular complexity index is 1560. The number of anilines is 1. The summed E-state index contributed by atoms with van der Waals surface area (Å²) in [6.45, 7) is 0. The van der Waals surface area contributed by atoms with Gasteiger partial charge in [0.25, 0.3) is 5.78 Å². The lowest BCUT2D eigenvalue weighted by atomic mass is 9.95. The molecule has 0 unspecified atom stereocenters. The number of aromatic nitrogens is 1. The van der Waals surface area contributed by atoms with Crippen LogP contribution in [0.1, 0.15) is 27.5 Å². The zero-order chi connectivity index (χ0) is 25.6. The van der Waals surface area contributed by atoms with E-state index in [1.807, 2.05) is 0 Å². The van der Waals surface area contributed by atoms with Crippen molar-refractivity contribution in [1.29, 1.82) is 0 Å². The number of hydrogen-bond acceptors (Lipinski definition) is 7. The molecular weight excluding hydrogens is 490 g/mol. The molecule has 1 aromatic heterocycles. The predicted octanol–water partition coefficient (Wildman–Crippen LogP) is 4.99. The number of ether oxygens (including phenoxy) is 1. The number of thiazole rings is 1. The number of rotatable bonds is 4. The first kappa shape index (κ1) is 23.3. The van der Waals surface area contributed by atoms with Crippen LogP contribution >= 0.6 is 11.3 Å². The second-order valence-electron chi connectivity index (χ2n) is 7.90. The van der Waals surface area contributed by atoms with Gasteiger partial charge in [0.1, 0.15) is 17.4 Å². The van der Waals surface area contributed by atoms with Crippen LogP contribution in [0.4, 0.5) is 13.9 Å². The third-order valence-electron chi connectivity index (χ3n) is 5.75. The van der Waals surface area contributed by atoms with Crippen LogP contribution in [0.25, 0.3) is 16.0 Å². The smallest absolute Gasteiger partial charge is 0.337 e. The summed E-state index contributed by atoms with van der Waals surface area (Å²) in [6.07, 6.45) is 0. The molecule has 1 aliphatic rings. The number of ketones is 1. The first-order valence-electron chi connectivity index (χ1n) is 10.6. The molecule has 1 aliphatic heterocycles. The Kier molecular flexibility index (Phi) is 5.81. The maximum Gasteiger partial charge on any atom is 0.337 e. The number of esters is 1. The number of carbonyl (C=O) groups is 3. The minimum Gasteiger partial charge on any atom is -0.507 e. The quantitative estimate of drug-likeness (QED) is 0.181. The van der Waals surface area contributed by atoms with Gasteiger partial charge in [0, 0.05) is 5.56 Å². The summed E-state index contributed by atoms with van der Waals surface area (Å²) in [4.78, 5) is 43.9. The minimum atomic E-state index is -1.12. The molecule has 7 nitrogen and oxygen atoms in total. The molecule has 0 bridgehead atoms. The first-order chi connectivity index (χ1) is 17.3. The van der Waals surface area contributed by atoms with Crippen molar-refractivity contribution < 1.29 is 33.0 Å². The molecule has 0 aliphatic carbocycles. The molecule has 36 heavy (non-hydrogen) atoms. The van der Waals surface area contributed by atoms with Gasteiger partial charge in [-0.2, -0.15) is 0 Å². The third kappa shape index (κ3) is 3.91. The molecule has 1 atom stereocenters. The highest BCUT2D eigenvalue weighted by atomic mass is 32.1. The molecule has 0 spiro atoms. The van der Waals surface area contributed by atoms with Gasteiger partial charge in [-0.3, -0.25) is 14.5 Å². The number of halogens is 2. The maximum atomic E-state index is 13.8. The lowest BCUT2D eigenvalue weighted by Crippen LogP contribution is -2.29. The number of Topliss-reactive ketones (excluding diaryl/α,β-unsaturated/α-hetero) is 1. The highest BCUT2D eigenvalue weighted by molar-refractivity contribution is 7.22. The molecular formula is C26H16F2N2O5S. The summed E-state index contributed by atoms with van der Waals surface area (Å²) < 4.78 is 32.4. The lowest BCUT2D eigenvalue weighted by molar-refractivity contribution is -0.132. The van der Waals surface area contributed by atoms with Crippen LogP contribution in [-0.4, -0.2) is 34.9 Å². The predicted molar refractivity (Wildman–Crippen MR) is 129 cm³/mol. The van der Waals surface area contributed by atoms with Crippen molar-refractivity contribution in [3.8, 4) is 0 Å². The molecule has 0 radical (unpaired) electrons. The van der Waals surface area contributed by atoms with E-state index in [-0.39, 0.29) is 21.8 Å². The maximum absolute atomic E-state index is 13.8. The van der Waals surface area contributed by atoms with Crippen LogP contribution in [0, 0.1) is 11.6 Å². The second-order valence-corrected chi connectivity index (χ2v) is 8.91. The summed E-state index contributed by atoms with van der Waals surface area (Å²) in [5.74, 6) is -4.00. The Morgan fingerprint density at radius 3 is 2.28 bits per heavy atom. The molecule has 4 aromatic rings. The van der Waals surface area contributed by atoms with E-state index in [1.165, 1.54) is 61.7 Å². The molecule has 1 N–H and O–H groups in total. The first-order valence-corrected chi connectivity index (χ1v) is 11.4. The van der Waals surface area contributed by atoms with Crippen molar-refractivity contribution in [3.05, 3.63) is 101 Å². The summed E-state index contributed by atoms with van der Waals surface area (Å²) in [6, 6.07) is 13.6. The topological polar surface area (TPSA) is 96.8 Å². The highest BCUT2D eigenvalue weighted by Crippen LogP contribution is 2.44. The van der Waals surface area contributed by atoms with Crippen LogP contribution in [0.15, 0.2) is 72.3 Å². The van der Waals surface area contributed by atoms with Crippen molar-refractivity contribution in [1.82, 2.24) is 4.98 Å². The largest absolute Gasteiger partial charge is 0.507 e. The molecule has 1 saturated heterocycles. The molecule has 180 valence electrons. The van der Waals surface area contributed by atoms with Crippen LogP contribution in [0.3, 0.4) is 0 Å². The highest BCUT2D eigenvalue weighted by Gasteiger charge is 2.48. The molecule has 0 saturated carbocycles. The van der Waals surface area contributed by atoms with Crippen LogP contribution in [0.5, 0.6) is 0 Å². The number of amides is 1. The Morgan fingerprint density at radius 2 is 1.61 bits per heavy atom. The summed E-state index contributed by atoms with van der Waals surface area (Å²) >= 11 is 1.01. The summed E-state index contributed by atoms with van der Waals surface area (Å²) in [7, 11) is 1.24. The zero-order valence-corrected chi connectivity index (χ0v) is 19.4. The normalized spacial score (nSPS) is 17.1. The van der Waals surface area contributed by atoms with Crippen molar-refractivity contribution in [2.75, 3.05) is 12.0 Å². The van der Waals surface area contributed by atoms with E-state index in [2.05, 4.69) is 4.98 Å². The van der Waals surface area contributed by atoms with Crippen LogP contribution < -0.4 is 4.90 Å². The fourth-order valence-electron chi connectivity index (χ4n) is 4.02. The van der Waals surface area contributed by atoms with E-state index < -0.39 is 41.1 Å². The molecule has 1 fully saturated rings.